The Hall–Kier alpha value is -8.63. The third kappa shape index (κ3) is 9.03. The maximum atomic E-state index is 15.8. The van der Waals surface area contributed by atoms with Gasteiger partial charge in [0.2, 0.25) is 0 Å². The van der Waals surface area contributed by atoms with Crippen molar-refractivity contribution in [2.24, 2.45) is 0 Å². The molecule has 0 spiro atoms. The Balaban J connectivity index is 0.00000560. The molecule has 0 aliphatic carbocycles. The van der Waals surface area contributed by atoms with Crippen LogP contribution in [0.3, 0.4) is 0 Å². The van der Waals surface area contributed by atoms with Crippen LogP contribution in [-0.2, 0) is 45.8 Å². The molecule has 346 valence electrons. The summed E-state index contributed by atoms with van der Waals surface area (Å²) in [4.78, 5) is 49.0. The fourth-order valence-electron chi connectivity index (χ4n) is 9.34. The van der Waals surface area contributed by atoms with Crippen LogP contribution in [0.1, 0.15) is 22.3 Å². The van der Waals surface area contributed by atoms with Crippen LogP contribution in [0.4, 0.5) is 4.39 Å². The first kappa shape index (κ1) is 45.8. The van der Waals surface area contributed by atoms with Crippen molar-refractivity contribution in [2.75, 3.05) is 0 Å². The molecule has 5 aromatic carbocycles. The van der Waals surface area contributed by atoms with Gasteiger partial charge in [0.05, 0.1) is 0 Å². The van der Waals surface area contributed by atoms with Gasteiger partial charge >= 0.3 is 31.4 Å². The molecule has 0 unspecified atom stereocenters. The predicted octanol–water partition coefficient (Wildman–Crippen LogP) is 12.6. The van der Waals surface area contributed by atoms with Crippen LogP contribution in [0.15, 0.2) is 195 Å². The second kappa shape index (κ2) is 19.6. The van der Waals surface area contributed by atoms with Gasteiger partial charge in [-0.25, -0.2) is 14.0 Å². The Morgan fingerprint density at radius 3 is 1.62 bits per heavy atom. The molecule has 0 aliphatic heterocycles. The summed E-state index contributed by atoms with van der Waals surface area (Å²) in [5, 5.41) is 1.79. The monoisotopic (exact) mass is 1120 g/mol. The summed E-state index contributed by atoms with van der Waals surface area (Å²) in [5.74, 6) is -0.380. The van der Waals surface area contributed by atoms with Crippen LogP contribution in [0, 0.1) is 24.0 Å². The zero-order valence-corrected chi connectivity index (χ0v) is 40.5. The van der Waals surface area contributed by atoms with Gasteiger partial charge in [-0.3, -0.25) is 0 Å². The Kier molecular flexibility index (Phi) is 12.5. The van der Waals surface area contributed by atoms with Gasteiger partial charge in [-0.1, -0.05) is 120 Å². The minimum Gasteiger partial charge on any atom is -0.453 e. The van der Waals surface area contributed by atoms with Gasteiger partial charge < -0.3 is 33.8 Å². The fourth-order valence-corrected chi connectivity index (χ4v) is 9.34. The molecule has 0 saturated carbocycles. The molecule has 9 nitrogen and oxygen atoms in total. The topological polar surface area (TPSA) is 125 Å². The predicted molar refractivity (Wildman–Crippen MR) is 274 cm³/mol. The average molecular weight is 1120 g/mol. The molecule has 0 radical (unpaired) electrons. The molecule has 7 aromatic heterocycles. The van der Waals surface area contributed by atoms with Gasteiger partial charge in [0.1, 0.15) is 17.2 Å². The van der Waals surface area contributed by atoms with E-state index in [0.717, 1.165) is 72.5 Å². The van der Waals surface area contributed by atoms with E-state index >= 15 is 4.39 Å². The van der Waals surface area contributed by atoms with E-state index in [9.17, 15) is 9.59 Å². The molecule has 11 heteroatoms. The molecular weight excluding hydrogens is 1080 g/mol. The fraction of sp³-hybridized carbons (Fsp3) is 0.0656. The molecular formula is C61H37FIrN5O4. The number of aromatic nitrogens is 5. The van der Waals surface area contributed by atoms with Crippen molar-refractivity contribution in [2.45, 2.75) is 25.7 Å². The summed E-state index contributed by atoms with van der Waals surface area (Å²) >= 11 is 0. The van der Waals surface area contributed by atoms with Gasteiger partial charge in [-0.2, -0.15) is 0 Å². The number of hydrogen-bond acceptors (Lipinski definition) is 9. The minimum absolute atomic E-state index is 0. The zero-order valence-electron chi connectivity index (χ0n) is 38.2. The molecule has 0 saturated heterocycles. The van der Waals surface area contributed by atoms with Gasteiger partial charge in [0, 0.05) is 46.0 Å². The Labute approximate surface area is 425 Å². The number of pyridine rings is 5. The van der Waals surface area contributed by atoms with Crippen LogP contribution < -0.4 is 11.3 Å². The van der Waals surface area contributed by atoms with E-state index in [4.69, 9.17) is 13.8 Å². The van der Waals surface area contributed by atoms with Crippen LogP contribution in [-0.4, -0.2) is 24.9 Å². The quantitative estimate of drug-likeness (QED) is 0.0919. The number of halogens is 1. The van der Waals surface area contributed by atoms with Crippen LogP contribution in [0.5, 0.6) is 0 Å². The average Bonchev–Trinajstić information content (AvgIpc) is 3.42. The number of hydrogen-bond donors (Lipinski definition) is 0. The van der Waals surface area contributed by atoms with E-state index in [2.05, 4.69) is 98.8 Å². The Morgan fingerprint density at radius 2 is 1.01 bits per heavy atom. The van der Waals surface area contributed by atoms with E-state index in [1.54, 1.807) is 30.6 Å². The Morgan fingerprint density at radius 1 is 0.444 bits per heavy atom. The number of aryl methyl sites for hydroxylation is 4. The van der Waals surface area contributed by atoms with Gasteiger partial charge in [-0.05, 0) is 105 Å². The molecule has 0 bridgehead atoms. The van der Waals surface area contributed by atoms with Crippen molar-refractivity contribution < 1.29 is 33.3 Å². The van der Waals surface area contributed by atoms with Crippen molar-refractivity contribution in [1.29, 1.82) is 0 Å². The van der Waals surface area contributed by atoms with Gasteiger partial charge in [0.25, 0.3) is 0 Å². The largest absolute Gasteiger partial charge is 3.00 e. The SMILES string of the molecule is O=c1oc2ncc[c-]c2c2ncc(CCc3cc(CCc4cnc5c(c4)c(=O)oc4ncc[c-]c45)cc(-c4cc(F)ccc4-c4cnc(-c5[c-]cccc5)cc4-c4ccc(-c5ccccc5)cc4)c3)cc12.[Ir+3]. The summed E-state index contributed by atoms with van der Waals surface area (Å²) in [6.07, 6.45) is 10.7. The second-order valence-corrected chi connectivity index (χ2v) is 17.4. The molecule has 0 aliphatic rings. The number of fused-ring (bicyclic) bond motifs is 6. The first-order valence-electron chi connectivity index (χ1n) is 23.1. The summed E-state index contributed by atoms with van der Waals surface area (Å²) in [5.41, 5.74) is 12.9. The van der Waals surface area contributed by atoms with E-state index in [-0.39, 0.29) is 37.3 Å². The van der Waals surface area contributed by atoms with Crippen molar-refractivity contribution in [3.8, 4) is 55.8 Å². The molecule has 12 aromatic rings. The molecule has 0 amide bonds. The minimum atomic E-state index is -0.517. The van der Waals surface area contributed by atoms with Crippen LogP contribution in [0.25, 0.3) is 99.8 Å². The summed E-state index contributed by atoms with van der Waals surface area (Å²) in [6, 6.07) is 56.3. The molecule has 12 rings (SSSR count). The molecule has 0 N–H and O–H groups in total. The van der Waals surface area contributed by atoms with Crippen molar-refractivity contribution in [1.82, 2.24) is 24.9 Å². The number of rotatable bonds is 11. The van der Waals surface area contributed by atoms with Crippen LogP contribution in [0.2, 0.25) is 0 Å². The number of benzene rings is 5. The van der Waals surface area contributed by atoms with E-state index in [1.807, 2.05) is 66.9 Å². The van der Waals surface area contributed by atoms with Crippen molar-refractivity contribution >= 4 is 44.0 Å². The smallest absolute Gasteiger partial charge is 0.453 e. The third-order valence-corrected chi connectivity index (χ3v) is 12.8. The Bertz CT molecular complexity index is 3970. The normalized spacial score (nSPS) is 11.3. The summed E-state index contributed by atoms with van der Waals surface area (Å²) < 4.78 is 26.9. The van der Waals surface area contributed by atoms with Gasteiger partial charge in [-0.15, -0.1) is 60.2 Å². The second-order valence-electron chi connectivity index (χ2n) is 17.4. The summed E-state index contributed by atoms with van der Waals surface area (Å²) in [7, 11) is 0. The van der Waals surface area contributed by atoms with E-state index < -0.39 is 11.3 Å². The zero-order chi connectivity index (χ0) is 47.8. The van der Waals surface area contributed by atoms with E-state index in [1.165, 1.54) is 18.5 Å². The molecule has 7 heterocycles. The van der Waals surface area contributed by atoms with Gasteiger partial charge in [0.15, 0.2) is 0 Å². The van der Waals surface area contributed by atoms with E-state index in [0.29, 0.717) is 63.8 Å². The maximum absolute atomic E-state index is 15.8. The van der Waals surface area contributed by atoms with Crippen molar-refractivity contribution in [3.05, 3.63) is 244 Å². The first-order chi connectivity index (χ1) is 34.9. The summed E-state index contributed by atoms with van der Waals surface area (Å²) in [6.45, 7) is 0. The van der Waals surface area contributed by atoms with Crippen LogP contribution >= 0.6 is 0 Å². The first-order valence-corrected chi connectivity index (χ1v) is 23.1. The molecule has 72 heavy (non-hydrogen) atoms. The number of nitrogens with zero attached hydrogens (tertiary/aromatic N) is 5. The molecule has 0 atom stereocenters. The maximum Gasteiger partial charge on any atom is 3.00 e. The standard InChI is InChI=1S/C61H37FN5O4.Ir/c62-46-23-24-47(54-36-65-55(44-11-5-2-6-12-44)33-51(54)43-21-19-42(20-22-43)41-9-3-1-4-10-41)50(32-46)45-28-37(15-17-39-30-52-56(66-34-39)48-13-7-25-63-58(48)70-60(52)68)27-38(29-45)16-18-40-31-53-57(67-35-40)49-14-8-26-64-59(49)71-61(53)69;/h1-11,19-36H,15-18H2;/q-3;+3. The third-order valence-electron chi connectivity index (χ3n) is 12.8. The molecule has 0 fully saturated rings. The van der Waals surface area contributed by atoms with Crippen molar-refractivity contribution in [3.63, 3.8) is 0 Å².